The van der Waals surface area contributed by atoms with Gasteiger partial charge in [-0.1, -0.05) is 24.3 Å². The van der Waals surface area contributed by atoms with Crippen LogP contribution in [0.15, 0.2) is 35.5 Å². The Morgan fingerprint density at radius 2 is 2.07 bits per heavy atom. The summed E-state index contributed by atoms with van der Waals surface area (Å²) in [6.07, 6.45) is 8.52. The molecule has 15 heavy (non-hydrogen) atoms. The van der Waals surface area contributed by atoms with E-state index in [0.717, 1.165) is 6.54 Å². The van der Waals surface area contributed by atoms with E-state index in [0.29, 0.717) is 5.92 Å². The van der Waals surface area contributed by atoms with Crippen molar-refractivity contribution in [2.45, 2.75) is 13.0 Å². The number of esters is 1. The van der Waals surface area contributed by atoms with E-state index in [-0.39, 0.29) is 12.0 Å². The second-order valence-electron chi connectivity index (χ2n) is 3.87. The van der Waals surface area contributed by atoms with E-state index in [1.807, 2.05) is 6.92 Å². The van der Waals surface area contributed by atoms with Gasteiger partial charge in [0.25, 0.3) is 0 Å². The van der Waals surface area contributed by atoms with Crippen LogP contribution in [0.5, 0.6) is 0 Å². The highest BCUT2D eigenvalue weighted by atomic mass is 16.5. The van der Waals surface area contributed by atoms with Gasteiger partial charge in [0.1, 0.15) is 6.04 Å². The lowest BCUT2D eigenvalue weighted by Crippen LogP contribution is -2.37. The van der Waals surface area contributed by atoms with E-state index >= 15 is 0 Å². The van der Waals surface area contributed by atoms with Gasteiger partial charge in [-0.25, -0.2) is 0 Å². The lowest BCUT2D eigenvalue weighted by Gasteiger charge is -2.15. The number of hydrogen-bond acceptors (Lipinski definition) is 3. The zero-order valence-corrected chi connectivity index (χ0v) is 8.99. The van der Waals surface area contributed by atoms with Crippen molar-refractivity contribution >= 4 is 5.97 Å². The van der Waals surface area contributed by atoms with Crippen molar-refractivity contribution in [2.75, 3.05) is 13.7 Å². The number of rotatable bonds is 4. The van der Waals surface area contributed by atoms with E-state index in [1.165, 1.54) is 18.3 Å². The van der Waals surface area contributed by atoms with Crippen molar-refractivity contribution in [3.8, 4) is 0 Å². The van der Waals surface area contributed by atoms with Crippen LogP contribution in [0.3, 0.4) is 0 Å². The number of methoxy groups -OCH3 is 1. The number of ether oxygens (including phenoxy) is 1. The molecular weight excluding hydrogens is 190 g/mol. The molecule has 2 aliphatic rings. The maximum Gasteiger partial charge on any atom is 0.322 e. The molecule has 0 aromatic heterocycles. The van der Waals surface area contributed by atoms with Crippen LogP contribution in [0.25, 0.3) is 0 Å². The molecule has 0 radical (unpaired) electrons. The van der Waals surface area contributed by atoms with Crippen molar-refractivity contribution in [3.05, 3.63) is 35.5 Å². The van der Waals surface area contributed by atoms with Crippen molar-refractivity contribution in [1.29, 1.82) is 0 Å². The summed E-state index contributed by atoms with van der Waals surface area (Å²) in [4.78, 5) is 11.2. The van der Waals surface area contributed by atoms with Gasteiger partial charge in [0.05, 0.1) is 7.11 Å². The van der Waals surface area contributed by atoms with Crippen LogP contribution < -0.4 is 5.32 Å². The fourth-order valence-corrected chi connectivity index (χ4v) is 1.94. The molecule has 1 atom stereocenters. The molecule has 80 valence electrons. The summed E-state index contributed by atoms with van der Waals surface area (Å²) in [6, 6.07) is -0.240. The number of hydrogen-bond donors (Lipinski definition) is 1. The van der Waals surface area contributed by atoms with Crippen LogP contribution in [-0.4, -0.2) is 25.7 Å². The lowest BCUT2D eigenvalue weighted by molar-refractivity contribution is -0.142. The van der Waals surface area contributed by atoms with Crippen LogP contribution in [0.4, 0.5) is 0 Å². The van der Waals surface area contributed by atoms with Gasteiger partial charge in [-0.15, -0.1) is 0 Å². The Hall–Kier alpha value is -1.35. The minimum absolute atomic E-state index is 0.212. The van der Waals surface area contributed by atoms with Gasteiger partial charge in [-0.3, -0.25) is 4.79 Å². The van der Waals surface area contributed by atoms with Gasteiger partial charge in [-0.05, 0) is 18.1 Å². The van der Waals surface area contributed by atoms with Crippen LogP contribution in [-0.2, 0) is 9.53 Å². The quantitative estimate of drug-likeness (QED) is 0.701. The van der Waals surface area contributed by atoms with E-state index in [2.05, 4.69) is 34.4 Å². The molecule has 0 saturated carbocycles. The molecule has 0 aromatic carbocycles. The van der Waals surface area contributed by atoms with Gasteiger partial charge >= 0.3 is 5.97 Å². The second kappa shape index (κ2) is 4.03. The highest BCUT2D eigenvalue weighted by molar-refractivity contribution is 5.75. The predicted octanol–water partition coefficient (Wildman–Crippen LogP) is 1.19. The standard InChI is InChI=1S/C12H15NO2/c1-8(12(14)15-2)13-7-11-9-3-4-10(11)6-5-9/h3-6,8,11,13H,7H2,1-2H3. The molecule has 0 amide bonds. The maximum absolute atomic E-state index is 11.2. The maximum atomic E-state index is 11.2. The Morgan fingerprint density at radius 3 is 2.53 bits per heavy atom. The Labute approximate surface area is 89.5 Å². The third-order valence-electron chi connectivity index (χ3n) is 2.92. The third kappa shape index (κ3) is 1.88. The number of allylic oxidation sites excluding steroid dienone is 4. The molecule has 0 fully saturated rings. The zero-order valence-electron chi connectivity index (χ0n) is 8.99. The van der Waals surface area contributed by atoms with Crippen molar-refractivity contribution in [3.63, 3.8) is 0 Å². The summed E-state index contributed by atoms with van der Waals surface area (Å²) in [5, 5.41) is 3.18. The lowest BCUT2D eigenvalue weighted by atomic mass is 10.0. The minimum atomic E-state index is -0.240. The molecule has 0 spiro atoms. The first-order valence-electron chi connectivity index (χ1n) is 5.13. The molecule has 1 N–H and O–H groups in total. The molecule has 0 heterocycles. The second-order valence-corrected chi connectivity index (χ2v) is 3.87. The smallest absolute Gasteiger partial charge is 0.322 e. The average Bonchev–Trinajstić information content (AvgIpc) is 2.83. The van der Waals surface area contributed by atoms with Crippen molar-refractivity contribution < 1.29 is 9.53 Å². The van der Waals surface area contributed by atoms with Crippen LogP contribution in [0, 0.1) is 5.92 Å². The van der Waals surface area contributed by atoms with Crippen LogP contribution in [0.2, 0.25) is 0 Å². The normalized spacial score (nSPS) is 20.1. The summed E-state index contributed by atoms with van der Waals surface area (Å²) in [6.45, 7) is 2.61. The molecular formula is C12H15NO2. The summed E-state index contributed by atoms with van der Waals surface area (Å²) in [5.74, 6) is 0.216. The number of carbonyl (C=O) groups is 1. The summed E-state index contributed by atoms with van der Waals surface area (Å²) >= 11 is 0. The monoisotopic (exact) mass is 205 g/mol. The number of nitrogens with one attached hydrogen (secondary N) is 1. The van der Waals surface area contributed by atoms with E-state index in [1.54, 1.807) is 0 Å². The third-order valence-corrected chi connectivity index (χ3v) is 2.92. The first-order valence-corrected chi connectivity index (χ1v) is 5.13. The van der Waals surface area contributed by atoms with Crippen molar-refractivity contribution in [1.82, 2.24) is 5.32 Å². The fraction of sp³-hybridized carbons (Fsp3) is 0.417. The first-order chi connectivity index (χ1) is 7.22. The summed E-state index contributed by atoms with van der Waals surface area (Å²) < 4.78 is 4.65. The van der Waals surface area contributed by atoms with Gasteiger partial charge in [-0.2, -0.15) is 0 Å². The molecule has 3 heteroatoms. The largest absolute Gasteiger partial charge is 0.468 e. The molecule has 0 aliphatic heterocycles. The number of fused-ring (bicyclic) bond motifs is 2. The SMILES string of the molecule is COC(=O)C(C)NCC1C2=CC=C1C=C2. The van der Waals surface area contributed by atoms with E-state index < -0.39 is 0 Å². The van der Waals surface area contributed by atoms with Gasteiger partial charge < -0.3 is 10.1 Å². The number of carbonyl (C=O) groups excluding carboxylic acids is 1. The molecule has 1 unspecified atom stereocenters. The molecule has 0 saturated heterocycles. The average molecular weight is 205 g/mol. The summed E-state index contributed by atoms with van der Waals surface area (Å²) in [5.41, 5.74) is 2.66. The van der Waals surface area contributed by atoms with Crippen LogP contribution in [0.1, 0.15) is 6.92 Å². The highest BCUT2D eigenvalue weighted by Gasteiger charge is 2.25. The highest BCUT2D eigenvalue weighted by Crippen LogP contribution is 2.34. The van der Waals surface area contributed by atoms with Gasteiger partial charge in [0, 0.05) is 12.5 Å². The molecule has 0 aromatic rings. The van der Waals surface area contributed by atoms with Gasteiger partial charge in [0.2, 0.25) is 0 Å². The first kappa shape index (κ1) is 10.2. The van der Waals surface area contributed by atoms with E-state index in [4.69, 9.17) is 0 Å². The Bertz CT molecular complexity index is 344. The Kier molecular flexibility index (Phi) is 2.73. The topological polar surface area (TPSA) is 38.3 Å². The van der Waals surface area contributed by atoms with Gasteiger partial charge in [0.15, 0.2) is 0 Å². The molecule has 2 bridgehead atoms. The molecule has 3 nitrogen and oxygen atoms in total. The Balaban J connectivity index is 1.83. The van der Waals surface area contributed by atoms with E-state index in [9.17, 15) is 4.79 Å². The molecule has 2 aliphatic carbocycles. The van der Waals surface area contributed by atoms with Crippen molar-refractivity contribution in [2.24, 2.45) is 5.92 Å². The zero-order chi connectivity index (χ0) is 10.8. The predicted molar refractivity (Wildman–Crippen MR) is 58.3 cm³/mol. The minimum Gasteiger partial charge on any atom is -0.468 e. The molecule has 2 rings (SSSR count). The summed E-state index contributed by atoms with van der Waals surface area (Å²) in [7, 11) is 1.41. The Morgan fingerprint density at radius 1 is 1.47 bits per heavy atom. The fourth-order valence-electron chi connectivity index (χ4n) is 1.94. The van der Waals surface area contributed by atoms with Crippen LogP contribution >= 0.6 is 0 Å².